The molecule has 1 heterocycles. The minimum absolute atomic E-state index is 0.123. The minimum Gasteiger partial charge on any atom is -0.478 e. The normalized spacial score (nSPS) is 9.89. The maximum Gasteiger partial charge on any atom is 0.316 e. The number of hydrogen-bond donors (Lipinski definition) is 2. The van der Waals surface area contributed by atoms with Gasteiger partial charge in [-0.15, -0.1) is 0 Å². The summed E-state index contributed by atoms with van der Waals surface area (Å²) in [5.41, 5.74) is 0.832. The Morgan fingerprint density at radius 3 is 2.74 bits per heavy atom. The number of ether oxygens (including phenoxy) is 1. The van der Waals surface area contributed by atoms with Gasteiger partial charge in [0.2, 0.25) is 11.8 Å². The van der Waals surface area contributed by atoms with Gasteiger partial charge in [0, 0.05) is 38.9 Å². The smallest absolute Gasteiger partial charge is 0.316 e. The second kappa shape index (κ2) is 7.40. The third kappa shape index (κ3) is 5.41. The number of nitrogens with one attached hydrogen (secondary N) is 2. The maximum atomic E-state index is 11.3. The lowest BCUT2D eigenvalue weighted by molar-refractivity contribution is 0.218. The molecule has 0 saturated heterocycles. The Kier molecular flexibility index (Phi) is 5.84. The summed E-state index contributed by atoms with van der Waals surface area (Å²) >= 11 is 0. The third-order valence-electron chi connectivity index (χ3n) is 2.21. The highest BCUT2D eigenvalue weighted by Crippen LogP contribution is 2.11. The fourth-order valence-electron chi connectivity index (χ4n) is 1.34. The van der Waals surface area contributed by atoms with Crippen LogP contribution in [0, 0.1) is 6.92 Å². The number of aromatic nitrogens is 2. The number of aryl methyl sites for hydroxylation is 1. The van der Waals surface area contributed by atoms with Crippen LogP contribution in [-0.4, -0.2) is 54.7 Å². The summed E-state index contributed by atoms with van der Waals surface area (Å²) in [6.07, 6.45) is 0. The van der Waals surface area contributed by atoms with E-state index in [0.29, 0.717) is 31.5 Å². The molecule has 1 rings (SSSR count). The van der Waals surface area contributed by atoms with Crippen molar-refractivity contribution in [2.24, 2.45) is 0 Å². The molecule has 7 nitrogen and oxygen atoms in total. The predicted octanol–water partition coefficient (Wildman–Crippen LogP) is 0.867. The van der Waals surface area contributed by atoms with Crippen molar-refractivity contribution in [3.05, 3.63) is 11.8 Å². The number of rotatable bonds is 6. The van der Waals surface area contributed by atoms with Gasteiger partial charge in [0.05, 0.1) is 6.61 Å². The first-order valence-electron chi connectivity index (χ1n) is 6.20. The van der Waals surface area contributed by atoms with Crippen molar-refractivity contribution in [3.63, 3.8) is 0 Å². The Bertz CT molecular complexity index is 423. The van der Waals surface area contributed by atoms with Gasteiger partial charge in [-0.05, 0) is 13.8 Å². The molecule has 0 radical (unpaired) electrons. The summed E-state index contributed by atoms with van der Waals surface area (Å²) in [5.74, 6) is 1.05. The van der Waals surface area contributed by atoms with E-state index in [2.05, 4.69) is 20.6 Å². The van der Waals surface area contributed by atoms with E-state index in [0.717, 1.165) is 5.69 Å². The van der Waals surface area contributed by atoms with Crippen molar-refractivity contribution in [2.45, 2.75) is 13.8 Å². The number of carbonyl (C=O) groups is 1. The quantitative estimate of drug-likeness (QED) is 0.748. The van der Waals surface area contributed by atoms with Crippen molar-refractivity contribution in [3.8, 4) is 5.88 Å². The van der Waals surface area contributed by atoms with Gasteiger partial charge in [0.15, 0.2) is 0 Å². The van der Waals surface area contributed by atoms with Gasteiger partial charge in [-0.25, -0.2) is 9.78 Å². The first-order chi connectivity index (χ1) is 9.02. The van der Waals surface area contributed by atoms with Crippen molar-refractivity contribution >= 4 is 12.0 Å². The third-order valence-corrected chi connectivity index (χ3v) is 2.21. The fraction of sp³-hybridized carbons (Fsp3) is 0.583. The number of anilines is 1. The Labute approximate surface area is 113 Å². The Hall–Kier alpha value is -2.05. The van der Waals surface area contributed by atoms with Crippen molar-refractivity contribution in [1.82, 2.24) is 20.2 Å². The van der Waals surface area contributed by atoms with Crippen LogP contribution in [0.2, 0.25) is 0 Å². The summed E-state index contributed by atoms with van der Waals surface area (Å²) < 4.78 is 5.34. The average Bonchev–Trinajstić information content (AvgIpc) is 2.34. The second-order valence-electron chi connectivity index (χ2n) is 4.16. The molecule has 2 N–H and O–H groups in total. The molecule has 0 saturated carbocycles. The molecule has 0 aromatic carbocycles. The summed E-state index contributed by atoms with van der Waals surface area (Å²) in [6.45, 7) is 5.40. The van der Waals surface area contributed by atoms with Crippen LogP contribution in [0.15, 0.2) is 6.07 Å². The Morgan fingerprint density at radius 1 is 1.37 bits per heavy atom. The van der Waals surface area contributed by atoms with Gasteiger partial charge in [0.25, 0.3) is 0 Å². The van der Waals surface area contributed by atoms with Gasteiger partial charge in [-0.2, -0.15) is 4.98 Å². The van der Waals surface area contributed by atoms with Gasteiger partial charge < -0.3 is 20.3 Å². The van der Waals surface area contributed by atoms with Crippen LogP contribution >= 0.6 is 0 Å². The van der Waals surface area contributed by atoms with Crippen LogP contribution in [-0.2, 0) is 0 Å². The van der Waals surface area contributed by atoms with Crippen LogP contribution < -0.4 is 15.4 Å². The topological polar surface area (TPSA) is 79.4 Å². The maximum absolute atomic E-state index is 11.3. The van der Waals surface area contributed by atoms with Gasteiger partial charge in [-0.3, -0.25) is 0 Å². The molecule has 0 aliphatic heterocycles. The number of carbonyl (C=O) groups excluding carboxylic acids is 1. The zero-order chi connectivity index (χ0) is 14.3. The molecule has 0 fully saturated rings. The van der Waals surface area contributed by atoms with Crippen LogP contribution in [0.5, 0.6) is 5.88 Å². The highest BCUT2D eigenvalue weighted by atomic mass is 16.5. The summed E-state index contributed by atoms with van der Waals surface area (Å²) in [5, 5.41) is 5.79. The largest absolute Gasteiger partial charge is 0.478 e. The number of hydrogen-bond acceptors (Lipinski definition) is 5. The van der Waals surface area contributed by atoms with Crippen LogP contribution in [0.3, 0.4) is 0 Å². The van der Waals surface area contributed by atoms with E-state index >= 15 is 0 Å². The molecule has 0 spiro atoms. The first kappa shape index (κ1) is 15.0. The molecule has 0 aliphatic rings. The van der Waals surface area contributed by atoms with Gasteiger partial charge in [0.1, 0.15) is 0 Å². The lowest BCUT2D eigenvalue weighted by Gasteiger charge is -2.12. The van der Waals surface area contributed by atoms with Crippen LogP contribution in [0.4, 0.5) is 10.7 Å². The molecule has 0 unspecified atom stereocenters. The molecule has 106 valence electrons. The van der Waals surface area contributed by atoms with Crippen molar-refractivity contribution in [1.29, 1.82) is 0 Å². The summed E-state index contributed by atoms with van der Waals surface area (Å²) in [4.78, 5) is 21.2. The zero-order valence-electron chi connectivity index (χ0n) is 11.9. The van der Waals surface area contributed by atoms with E-state index < -0.39 is 0 Å². The van der Waals surface area contributed by atoms with E-state index in [1.807, 2.05) is 13.8 Å². The van der Waals surface area contributed by atoms with E-state index in [4.69, 9.17) is 4.74 Å². The Balaban J connectivity index is 2.42. The number of amides is 2. The van der Waals surface area contributed by atoms with E-state index in [1.54, 1.807) is 20.2 Å². The SMILES string of the molecule is CCOc1cc(C)nc(NCCNC(=O)N(C)C)n1. The van der Waals surface area contributed by atoms with Crippen LogP contribution in [0.25, 0.3) is 0 Å². The summed E-state index contributed by atoms with van der Waals surface area (Å²) in [7, 11) is 3.39. The van der Waals surface area contributed by atoms with Crippen molar-refractivity contribution < 1.29 is 9.53 Å². The molecule has 1 aromatic rings. The fourth-order valence-corrected chi connectivity index (χ4v) is 1.34. The van der Waals surface area contributed by atoms with Gasteiger partial charge >= 0.3 is 6.03 Å². The van der Waals surface area contributed by atoms with Crippen molar-refractivity contribution in [2.75, 3.05) is 39.1 Å². The molecule has 0 atom stereocenters. The monoisotopic (exact) mass is 267 g/mol. The van der Waals surface area contributed by atoms with E-state index in [1.165, 1.54) is 4.90 Å². The number of urea groups is 1. The molecule has 19 heavy (non-hydrogen) atoms. The Morgan fingerprint density at radius 2 is 2.11 bits per heavy atom. The highest BCUT2D eigenvalue weighted by Gasteiger charge is 2.04. The standard InChI is InChI=1S/C12H21N5O2/c1-5-19-10-8-9(2)15-11(16-10)13-6-7-14-12(18)17(3)4/h8H,5-7H2,1-4H3,(H,14,18)(H,13,15,16). The molecule has 0 bridgehead atoms. The minimum atomic E-state index is -0.123. The average molecular weight is 267 g/mol. The first-order valence-corrected chi connectivity index (χ1v) is 6.20. The lowest BCUT2D eigenvalue weighted by atomic mass is 10.4. The zero-order valence-corrected chi connectivity index (χ0v) is 11.9. The molecule has 1 aromatic heterocycles. The second-order valence-corrected chi connectivity index (χ2v) is 4.16. The predicted molar refractivity (Wildman–Crippen MR) is 73.5 cm³/mol. The summed E-state index contributed by atoms with van der Waals surface area (Å²) in [6, 6.07) is 1.66. The number of nitrogens with zero attached hydrogens (tertiary/aromatic N) is 3. The lowest BCUT2D eigenvalue weighted by Crippen LogP contribution is -2.37. The highest BCUT2D eigenvalue weighted by molar-refractivity contribution is 5.73. The van der Waals surface area contributed by atoms with E-state index in [-0.39, 0.29) is 6.03 Å². The molecule has 0 aliphatic carbocycles. The molecule has 7 heteroatoms. The molecular formula is C12H21N5O2. The molecule has 2 amide bonds. The van der Waals surface area contributed by atoms with Gasteiger partial charge in [-0.1, -0.05) is 0 Å². The van der Waals surface area contributed by atoms with Crippen LogP contribution in [0.1, 0.15) is 12.6 Å². The molecular weight excluding hydrogens is 246 g/mol. The van der Waals surface area contributed by atoms with E-state index in [9.17, 15) is 4.79 Å².